The Morgan fingerprint density at radius 1 is 1.30 bits per heavy atom. The van der Waals surface area contributed by atoms with Crippen molar-refractivity contribution in [2.45, 2.75) is 6.18 Å². The molecule has 0 saturated heterocycles. The molecule has 2 aromatic rings. The van der Waals surface area contributed by atoms with Crippen molar-refractivity contribution in [2.75, 3.05) is 0 Å². The second-order valence-electron chi connectivity index (χ2n) is 3.74. The number of halogens is 4. The zero-order chi connectivity index (χ0) is 14.8. The largest absolute Gasteiger partial charge is 0.417 e. The minimum absolute atomic E-state index is 0.0585. The summed E-state index contributed by atoms with van der Waals surface area (Å²) >= 11 is 5.78. The van der Waals surface area contributed by atoms with Gasteiger partial charge >= 0.3 is 6.18 Å². The predicted molar refractivity (Wildman–Crippen MR) is 65.9 cm³/mol. The fourth-order valence-electron chi connectivity index (χ4n) is 1.51. The molecule has 0 fully saturated rings. The minimum atomic E-state index is -4.54. The molecule has 8 heteroatoms. The summed E-state index contributed by atoms with van der Waals surface area (Å²) in [6.07, 6.45) is -1.03. The Balaban J connectivity index is 2.48. The van der Waals surface area contributed by atoms with Gasteiger partial charge in [0, 0.05) is 24.2 Å². The van der Waals surface area contributed by atoms with E-state index in [9.17, 15) is 13.2 Å². The van der Waals surface area contributed by atoms with Crippen LogP contribution in [0.3, 0.4) is 0 Å². The second-order valence-corrected chi connectivity index (χ2v) is 4.15. The van der Waals surface area contributed by atoms with Gasteiger partial charge in [-0.05, 0) is 18.2 Å². The highest BCUT2D eigenvalue weighted by Gasteiger charge is 2.32. The lowest BCUT2D eigenvalue weighted by atomic mass is 10.1. The number of rotatable bonds is 2. The van der Waals surface area contributed by atoms with Gasteiger partial charge in [-0.2, -0.15) is 13.2 Å². The van der Waals surface area contributed by atoms with Gasteiger partial charge < -0.3 is 5.21 Å². The molecule has 0 aliphatic rings. The summed E-state index contributed by atoms with van der Waals surface area (Å²) in [5.74, 6) is 0. The number of nitrogens with zero attached hydrogens (tertiary/aromatic N) is 3. The molecule has 104 valence electrons. The molecule has 2 rings (SSSR count). The molecule has 0 unspecified atom stereocenters. The topological polar surface area (TPSA) is 58.4 Å². The standard InChI is InChI=1S/C12H7ClF3N3O/c13-9-4-8(12(14,15)16)6-18-11(9)10(19-20)7-2-1-3-17-5-7/h1-6,20H/b19-10+. The molecule has 0 atom stereocenters. The molecule has 0 saturated carbocycles. The molecule has 0 bridgehead atoms. The summed E-state index contributed by atoms with van der Waals surface area (Å²) in [7, 11) is 0. The normalized spacial score (nSPS) is 12.5. The third-order valence-corrected chi connectivity index (χ3v) is 2.72. The number of oxime groups is 1. The van der Waals surface area contributed by atoms with E-state index in [1.807, 2.05) is 0 Å². The smallest absolute Gasteiger partial charge is 0.410 e. The van der Waals surface area contributed by atoms with Crippen LogP contribution in [0.5, 0.6) is 0 Å². The summed E-state index contributed by atoms with van der Waals surface area (Å²) in [5.41, 5.74) is -0.717. The highest BCUT2D eigenvalue weighted by atomic mass is 35.5. The molecule has 0 amide bonds. The SMILES string of the molecule is O/N=C(\c1cccnc1)c1ncc(C(F)(F)F)cc1Cl. The van der Waals surface area contributed by atoms with Crippen LogP contribution in [-0.4, -0.2) is 20.9 Å². The van der Waals surface area contributed by atoms with Gasteiger partial charge in [0.15, 0.2) is 0 Å². The summed E-state index contributed by atoms with van der Waals surface area (Å²) in [6, 6.07) is 3.88. The Morgan fingerprint density at radius 3 is 2.55 bits per heavy atom. The van der Waals surface area contributed by atoms with Crippen molar-refractivity contribution in [3.05, 3.63) is 58.6 Å². The number of aromatic nitrogens is 2. The molecule has 2 aromatic heterocycles. The van der Waals surface area contributed by atoms with Crippen molar-refractivity contribution < 1.29 is 18.4 Å². The van der Waals surface area contributed by atoms with Crippen LogP contribution in [0.25, 0.3) is 0 Å². The zero-order valence-corrected chi connectivity index (χ0v) is 10.5. The maximum Gasteiger partial charge on any atom is 0.417 e. The fourth-order valence-corrected chi connectivity index (χ4v) is 1.77. The first-order valence-corrected chi connectivity index (χ1v) is 5.67. The fraction of sp³-hybridized carbons (Fsp3) is 0.0833. The predicted octanol–water partition coefficient (Wildman–Crippen LogP) is 3.38. The van der Waals surface area contributed by atoms with E-state index in [2.05, 4.69) is 15.1 Å². The van der Waals surface area contributed by atoms with Gasteiger partial charge in [0.05, 0.1) is 10.6 Å². The average Bonchev–Trinajstić information content (AvgIpc) is 2.41. The monoisotopic (exact) mass is 301 g/mol. The molecule has 0 aliphatic heterocycles. The van der Waals surface area contributed by atoms with Crippen molar-refractivity contribution >= 4 is 17.3 Å². The van der Waals surface area contributed by atoms with Gasteiger partial charge in [-0.3, -0.25) is 9.97 Å². The van der Waals surface area contributed by atoms with E-state index in [1.165, 1.54) is 12.4 Å². The molecular weight excluding hydrogens is 295 g/mol. The van der Waals surface area contributed by atoms with Crippen LogP contribution in [-0.2, 0) is 6.18 Å². The number of alkyl halides is 3. The van der Waals surface area contributed by atoms with Gasteiger partial charge in [-0.1, -0.05) is 16.8 Å². The third-order valence-electron chi connectivity index (χ3n) is 2.43. The summed E-state index contributed by atoms with van der Waals surface area (Å²) < 4.78 is 37.6. The molecule has 2 heterocycles. The van der Waals surface area contributed by atoms with Crippen molar-refractivity contribution in [1.82, 2.24) is 9.97 Å². The summed E-state index contributed by atoms with van der Waals surface area (Å²) in [4.78, 5) is 7.44. The number of pyridine rings is 2. The van der Waals surface area contributed by atoms with Gasteiger partial charge in [-0.15, -0.1) is 0 Å². The number of hydrogen-bond donors (Lipinski definition) is 1. The average molecular weight is 302 g/mol. The van der Waals surface area contributed by atoms with E-state index >= 15 is 0 Å². The molecule has 0 spiro atoms. The summed E-state index contributed by atoms with van der Waals surface area (Å²) in [5, 5.41) is 11.8. The van der Waals surface area contributed by atoms with E-state index in [-0.39, 0.29) is 16.4 Å². The van der Waals surface area contributed by atoms with Gasteiger partial charge in [-0.25, -0.2) is 0 Å². The highest BCUT2D eigenvalue weighted by Crippen LogP contribution is 2.31. The zero-order valence-electron chi connectivity index (χ0n) is 9.76. The van der Waals surface area contributed by atoms with Gasteiger partial charge in [0.1, 0.15) is 11.4 Å². The quantitative estimate of drug-likeness (QED) is 0.525. The molecule has 0 aromatic carbocycles. The van der Waals surface area contributed by atoms with Crippen molar-refractivity contribution in [3.8, 4) is 0 Å². The maximum atomic E-state index is 12.5. The van der Waals surface area contributed by atoms with Crippen LogP contribution in [0.15, 0.2) is 41.9 Å². The van der Waals surface area contributed by atoms with Crippen LogP contribution in [0.4, 0.5) is 13.2 Å². The van der Waals surface area contributed by atoms with Crippen LogP contribution < -0.4 is 0 Å². The lowest BCUT2D eigenvalue weighted by Crippen LogP contribution is -2.11. The molecule has 20 heavy (non-hydrogen) atoms. The Hall–Kier alpha value is -2.15. The van der Waals surface area contributed by atoms with Crippen LogP contribution in [0.1, 0.15) is 16.8 Å². The molecule has 0 aliphatic carbocycles. The van der Waals surface area contributed by atoms with Crippen LogP contribution >= 0.6 is 11.6 Å². The molecule has 0 radical (unpaired) electrons. The maximum absolute atomic E-state index is 12.5. The third kappa shape index (κ3) is 2.88. The second kappa shape index (κ2) is 5.46. The number of hydrogen-bond acceptors (Lipinski definition) is 4. The van der Waals surface area contributed by atoms with Crippen LogP contribution in [0.2, 0.25) is 5.02 Å². The Morgan fingerprint density at radius 2 is 2.05 bits per heavy atom. The first-order chi connectivity index (χ1) is 9.43. The Bertz CT molecular complexity index is 644. The lowest BCUT2D eigenvalue weighted by Gasteiger charge is -2.10. The van der Waals surface area contributed by atoms with E-state index in [0.717, 1.165) is 6.07 Å². The van der Waals surface area contributed by atoms with Gasteiger partial charge in [0.25, 0.3) is 0 Å². The lowest BCUT2D eigenvalue weighted by molar-refractivity contribution is -0.137. The summed E-state index contributed by atoms with van der Waals surface area (Å²) in [6.45, 7) is 0. The molecule has 4 nitrogen and oxygen atoms in total. The van der Waals surface area contributed by atoms with E-state index in [4.69, 9.17) is 16.8 Å². The van der Waals surface area contributed by atoms with Crippen molar-refractivity contribution in [2.24, 2.45) is 5.16 Å². The molecular formula is C12H7ClF3N3O. The van der Waals surface area contributed by atoms with E-state index in [1.54, 1.807) is 12.1 Å². The van der Waals surface area contributed by atoms with E-state index < -0.39 is 11.7 Å². The van der Waals surface area contributed by atoms with E-state index in [0.29, 0.717) is 11.8 Å². The molecule has 1 N–H and O–H groups in total. The van der Waals surface area contributed by atoms with Crippen molar-refractivity contribution in [1.29, 1.82) is 0 Å². The first kappa shape index (κ1) is 14.3. The highest BCUT2D eigenvalue weighted by molar-refractivity contribution is 6.35. The van der Waals surface area contributed by atoms with Gasteiger partial charge in [0.2, 0.25) is 0 Å². The minimum Gasteiger partial charge on any atom is -0.410 e. The first-order valence-electron chi connectivity index (χ1n) is 5.29. The van der Waals surface area contributed by atoms with Crippen LogP contribution in [0, 0.1) is 0 Å². The Kier molecular flexibility index (Phi) is 3.89. The Labute approximate surface area is 116 Å². The van der Waals surface area contributed by atoms with Crippen molar-refractivity contribution in [3.63, 3.8) is 0 Å².